The van der Waals surface area contributed by atoms with Crippen molar-refractivity contribution in [3.05, 3.63) is 0 Å². The third-order valence-corrected chi connectivity index (χ3v) is 0.986. The van der Waals surface area contributed by atoms with Crippen molar-refractivity contribution in [3.63, 3.8) is 0 Å². The number of rotatable bonds is 4. The van der Waals surface area contributed by atoms with E-state index in [1.165, 1.54) is 0 Å². The average Bonchev–Trinajstić information content (AvgIpc) is 1.82. The van der Waals surface area contributed by atoms with Crippen LogP contribution in [-0.4, -0.2) is 47.1 Å². The van der Waals surface area contributed by atoms with Gasteiger partial charge >= 0.3 is 30.8 Å². The number of aliphatic carboxylic acids is 2. The Morgan fingerprint density at radius 3 is 2.09 bits per heavy atom. The fourth-order valence-electron chi connectivity index (χ4n) is 0.402. The molecule has 5 nitrogen and oxygen atoms in total. The molecule has 0 amide bonds. The van der Waals surface area contributed by atoms with Gasteiger partial charge in [-0.15, -0.1) is 0 Å². The molecule has 0 bridgehead atoms. The number of hydrogen-bond donors (Lipinski definition) is 3. The summed E-state index contributed by atoms with van der Waals surface area (Å²) in [5.41, 5.74) is 5.00. The molecule has 0 aliphatic rings. The molecule has 0 saturated carbocycles. The first-order chi connectivity index (χ1) is 4.54. The molecular formula is C5H10LiNO4. The summed E-state index contributed by atoms with van der Waals surface area (Å²) in [5.74, 6) is -2.20. The summed E-state index contributed by atoms with van der Waals surface area (Å²) in [6.07, 6.45) is -0.224. The zero-order chi connectivity index (χ0) is 8.15. The second-order valence-corrected chi connectivity index (χ2v) is 1.88. The van der Waals surface area contributed by atoms with Gasteiger partial charge in [-0.05, 0) is 6.42 Å². The molecule has 0 fully saturated rings. The Morgan fingerprint density at radius 1 is 1.36 bits per heavy atom. The second kappa shape index (κ2) is 6.22. The van der Waals surface area contributed by atoms with Crippen molar-refractivity contribution in [3.8, 4) is 0 Å². The normalized spacial score (nSPS) is 11.4. The number of carboxylic acids is 2. The minimum atomic E-state index is -1.17. The van der Waals surface area contributed by atoms with Crippen LogP contribution >= 0.6 is 0 Å². The Balaban J connectivity index is 0. The maximum absolute atomic E-state index is 9.99. The van der Waals surface area contributed by atoms with Crippen LogP contribution in [0.15, 0.2) is 0 Å². The predicted octanol–water partition coefficient (Wildman–Crippen LogP) is -1.39. The van der Waals surface area contributed by atoms with Crippen LogP contribution in [0.3, 0.4) is 0 Å². The summed E-state index contributed by atoms with van der Waals surface area (Å²) < 4.78 is 0. The van der Waals surface area contributed by atoms with Gasteiger partial charge in [0.25, 0.3) is 0 Å². The van der Waals surface area contributed by atoms with Crippen LogP contribution < -0.4 is 5.73 Å². The second-order valence-electron chi connectivity index (χ2n) is 1.88. The molecule has 0 saturated heterocycles. The molecule has 0 aromatic rings. The van der Waals surface area contributed by atoms with Crippen molar-refractivity contribution < 1.29 is 19.8 Å². The van der Waals surface area contributed by atoms with E-state index in [0.717, 1.165) is 0 Å². The van der Waals surface area contributed by atoms with Gasteiger partial charge in [0, 0.05) is 6.42 Å². The van der Waals surface area contributed by atoms with Gasteiger partial charge in [-0.3, -0.25) is 9.59 Å². The topological polar surface area (TPSA) is 101 Å². The molecule has 0 aliphatic heterocycles. The standard InChI is InChI=1S/C5H9NO4.Li.H/c6-3(5(9)10)1-2-4(7)8;;/h3H,1-2,6H2,(H,7,8)(H,9,10);;. The molecule has 0 spiro atoms. The number of carbonyl (C=O) groups is 2. The SMILES string of the molecule is NC(CCC(=O)O)C(=O)O.[LiH]. The van der Waals surface area contributed by atoms with Crippen molar-refractivity contribution in [2.24, 2.45) is 5.73 Å². The summed E-state index contributed by atoms with van der Waals surface area (Å²) in [6.45, 7) is 0. The summed E-state index contributed by atoms with van der Waals surface area (Å²) in [7, 11) is 0. The maximum atomic E-state index is 9.99. The van der Waals surface area contributed by atoms with Crippen molar-refractivity contribution in [1.82, 2.24) is 0 Å². The van der Waals surface area contributed by atoms with E-state index in [9.17, 15) is 9.59 Å². The molecule has 60 valence electrons. The molecule has 1 atom stereocenters. The molecule has 0 rings (SSSR count). The monoisotopic (exact) mass is 155 g/mol. The summed E-state index contributed by atoms with van der Waals surface area (Å²) in [4.78, 5) is 19.9. The molecule has 0 aliphatic carbocycles. The quantitative estimate of drug-likeness (QED) is 0.434. The van der Waals surface area contributed by atoms with E-state index in [1.807, 2.05) is 0 Å². The van der Waals surface area contributed by atoms with Gasteiger partial charge in [-0.1, -0.05) is 0 Å². The molecule has 0 aromatic carbocycles. The molecule has 4 N–H and O–H groups in total. The van der Waals surface area contributed by atoms with E-state index in [1.54, 1.807) is 0 Å². The molecule has 0 aromatic heterocycles. The zero-order valence-electron chi connectivity index (χ0n) is 5.28. The van der Waals surface area contributed by atoms with Crippen LogP contribution in [0.2, 0.25) is 0 Å². The van der Waals surface area contributed by atoms with Crippen LogP contribution in [0.5, 0.6) is 0 Å². The Labute approximate surface area is 75.7 Å². The number of carboxylic acid groups (broad SMARTS) is 2. The van der Waals surface area contributed by atoms with Crippen LogP contribution in [0, 0.1) is 0 Å². The van der Waals surface area contributed by atoms with Crippen LogP contribution in [0.1, 0.15) is 12.8 Å². The molecule has 0 heterocycles. The number of hydrogen-bond acceptors (Lipinski definition) is 3. The summed E-state index contributed by atoms with van der Waals surface area (Å²) in [5, 5.41) is 16.3. The minimum absolute atomic E-state index is 0. The van der Waals surface area contributed by atoms with E-state index in [2.05, 4.69) is 0 Å². The third-order valence-electron chi connectivity index (χ3n) is 0.986. The van der Waals surface area contributed by atoms with Gasteiger partial charge in [0.05, 0.1) is 0 Å². The van der Waals surface area contributed by atoms with Crippen LogP contribution in [0.4, 0.5) is 0 Å². The fraction of sp³-hybridized carbons (Fsp3) is 0.600. The van der Waals surface area contributed by atoms with Crippen molar-refractivity contribution in [2.75, 3.05) is 0 Å². The Kier molecular flexibility index (Phi) is 7.42. The fourth-order valence-corrected chi connectivity index (χ4v) is 0.402. The van der Waals surface area contributed by atoms with Gasteiger partial charge in [-0.2, -0.15) is 0 Å². The van der Waals surface area contributed by atoms with E-state index < -0.39 is 18.0 Å². The summed E-state index contributed by atoms with van der Waals surface area (Å²) in [6, 6.07) is -1.06. The predicted molar refractivity (Wildman–Crippen MR) is 39.6 cm³/mol. The molecule has 11 heavy (non-hydrogen) atoms. The molecule has 0 radical (unpaired) electrons. The third kappa shape index (κ3) is 7.39. The average molecular weight is 155 g/mol. The van der Waals surface area contributed by atoms with Crippen molar-refractivity contribution in [1.29, 1.82) is 0 Å². The van der Waals surface area contributed by atoms with Crippen molar-refractivity contribution >= 4 is 30.8 Å². The van der Waals surface area contributed by atoms with E-state index in [4.69, 9.17) is 15.9 Å². The first kappa shape index (κ1) is 13.1. The van der Waals surface area contributed by atoms with Gasteiger partial charge < -0.3 is 15.9 Å². The van der Waals surface area contributed by atoms with Gasteiger partial charge in [-0.25, -0.2) is 0 Å². The van der Waals surface area contributed by atoms with E-state index in [-0.39, 0.29) is 31.7 Å². The van der Waals surface area contributed by atoms with Crippen LogP contribution in [-0.2, 0) is 9.59 Å². The van der Waals surface area contributed by atoms with E-state index >= 15 is 0 Å². The van der Waals surface area contributed by atoms with Crippen molar-refractivity contribution in [2.45, 2.75) is 18.9 Å². The van der Waals surface area contributed by atoms with Crippen LogP contribution in [0.25, 0.3) is 0 Å². The first-order valence-electron chi connectivity index (χ1n) is 2.74. The number of nitrogens with two attached hydrogens (primary N) is 1. The summed E-state index contributed by atoms with van der Waals surface area (Å²) >= 11 is 0. The van der Waals surface area contributed by atoms with Gasteiger partial charge in [0.15, 0.2) is 0 Å². The Morgan fingerprint density at radius 2 is 1.82 bits per heavy atom. The molecule has 6 heteroatoms. The Hall–Kier alpha value is -0.503. The first-order valence-corrected chi connectivity index (χ1v) is 2.74. The molecule has 1 unspecified atom stereocenters. The Bertz CT molecular complexity index is 149. The van der Waals surface area contributed by atoms with Gasteiger partial charge in [0.2, 0.25) is 0 Å². The zero-order valence-corrected chi connectivity index (χ0v) is 5.28. The van der Waals surface area contributed by atoms with E-state index in [0.29, 0.717) is 0 Å². The molecular weight excluding hydrogens is 145 g/mol. The van der Waals surface area contributed by atoms with Gasteiger partial charge in [0.1, 0.15) is 6.04 Å².